The Morgan fingerprint density at radius 1 is 0.900 bits per heavy atom. The van der Waals surface area contributed by atoms with Crippen molar-refractivity contribution in [2.75, 3.05) is 12.3 Å². The Hall–Kier alpha value is -2.26. The third kappa shape index (κ3) is 5.89. The Kier molecular flexibility index (Phi) is 7.25. The Morgan fingerprint density at radius 3 is 2.23 bits per heavy atom. The Balaban J connectivity index is 1.80. The zero-order valence-corrected chi connectivity index (χ0v) is 18.4. The van der Waals surface area contributed by atoms with E-state index in [2.05, 4.69) is 9.71 Å². The van der Waals surface area contributed by atoms with Crippen molar-refractivity contribution < 1.29 is 16.8 Å². The molecule has 9 heteroatoms. The van der Waals surface area contributed by atoms with E-state index in [-0.39, 0.29) is 17.2 Å². The normalized spacial score (nSPS) is 13.1. The standard InChI is InChI=1S/C21H21ClN2O4S2/c22-19-8-10-20(11-9-19)30(27,28)21(18-7-4-13-23-15-18)16-24-29(25,26)14-12-17-5-2-1-3-6-17/h1-11,13,15,21,24H,12,14,16H2/t21-/m1/s1. The predicted molar refractivity (Wildman–Crippen MR) is 118 cm³/mol. The molecule has 0 aliphatic heterocycles. The summed E-state index contributed by atoms with van der Waals surface area (Å²) >= 11 is 5.87. The molecule has 2 aromatic carbocycles. The number of benzene rings is 2. The fourth-order valence-electron chi connectivity index (χ4n) is 2.93. The van der Waals surface area contributed by atoms with Gasteiger partial charge in [0.1, 0.15) is 5.25 Å². The fraction of sp³-hybridized carbons (Fsp3) is 0.190. The first kappa shape index (κ1) is 22.4. The van der Waals surface area contributed by atoms with Crippen molar-refractivity contribution in [2.24, 2.45) is 0 Å². The van der Waals surface area contributed by atoms with Crippen LogP contribution in [0.4, 0.5) is 0 Å². The average Bonchev–Trinajstić information content (AvgIpc) is 2.74. The Labute approximate surface area is 181 Å². The minimum Gasteiger partial charge on any atom is -0.264 e. The van der Waals surface area contributed by atoms with Gasteiger partial charge >= 0.3 is 0 Å². The molecule has 0 spiro atoms. The first-order valence-corrected chi connectivity index (χ1v) is 12.8. The molecule has 0 aliphatic carbocycles. The number of halogens is 1. The van der Waals surface area contributed by atoms with Crippen LogP contribution in [0.1, 0.15) is 16.4 Å². The molecule has 0 saturated heterocycles. The smallest absolute Gasteiger partial charge is 0.211 e. The number of aryl methyl sites for hydroxylation is 1. The maximum Gasteiger partial charge on any atom is 0.211 e. The lowest BCUT2D eigenvalue weighted by Gasteiger charge is -2.19. The lowest BCUT2D eigenvalue weighted by Crippen LogP contribution is -2.34. The van der Waals surface area contributed by atoms with E-state index < -0.39 is 25.1 Å². The summed E-state index contributed by atoms with van der Waals surface area (Å²) in [6, 6.07) is 18.2. The summed E-state index contributed by atoms with van der Waals surface area (Å²) in [5.74, 6) is -0.141. The van der Waals surface area contributed by atoms with Gasteiger partial charge in [0.05, 0.1) is 10.6 Å². The number of hydrogen-bond acceptors (Lipinski definition) is 5. The molecular weight excluding hydrogens is 444 g/mol. The molecule has 30 heavy (non-hydrogen) atoms. The number of hydrogen-bond donors (Lipinski definition) is 1. The molecule has 1 N–H and O–H groups in total. The second kappa shape index (κ2) is 9.70. The third-order valence-electron chi connectivity index (χ3n) is 4.56. The highest BCUT2D eigenvalue weighted by Gasteiger charge is 2.30. The highest BCUT2D eigenvalue weighted by atomic mass is 35.5. The van der Waals surface area contributed by atoms with Crippen LogP contribution in [0.2, 0.25) is 5.02 Å². The van der Waals surface area contributed by atoms with Crippen molar-refractivity contribution in [3.8, 4) is 0 Å². The van der Waals surface area contributed by atoms with Crippen molar-refractivity contribution in [1.82, 2.24) is 9.71 Å². The topological polar surface area (TPSA) is 93.2 Å². The van der Waals surface area contributed by atoms with Gasteiger partial charge in [-0.25, -0.2) is 21.6 Å². The van der Waals surface area contributed by atoms with Crippen LogP contribution in [0.15, 0.2) is 84.0 Å². The van der Waals surface area contributed by atoms with Crippen LogP contribution < -0.4 is 4.72 Å². The summed E-state index contributed by atoms with van der Waals surface area (Å²) in [6.07, 6.45) is 3.29. The molecule has 3 rings (SSSR count). The minimum atomic E-state index is -3.89. The largest absolute Gasteiger partial charge is 0.264 e. The molecule has 1 atom stereocenters. The minimum absolute atomic E-state index is 0.0595. The van der Waals surface area contributed by atoms with Gasteiger partial charge in [-0.2, -0.15) is 0 Å². The summed E-state index contributed by atoms with van der Waals surface area (Å²) in [4.78, 5) is 4.04. The van der Waals surface area contributed by atoms with Crippen LogP contribution in [0, 0.1) is 0 Å². The van der Waals surface area contributed by atoms with E-state index in [1.165, 1.54) is 36.7 Å². The van der Waals surface area contributed by atoms with Crippen molar-refractivity contribution >= 4 is 31.5 Å². The molecule has 0 unspecified atom stereocenters. The molecule has 0 fully saturated rings. The van der Waals surface area contributed by atoms with Crippen LogP contribution in [0.3, 0.4) is 0 Å². The van der Waals surface area contributed by atoms with Crippen molar-refractivity contribution in [2.45, 2.75) is 16.6 Å². The predicted octanol–water partition coefficient (Wildman–Crippen LogP) is 3.41. The van der Waals surface area contributed by atoms with E-state index in [0.29, 0.717) is 17.0 Å². The fourth-order valence-corrected chi connectivity index (χ4v) is 5.88. The van der Waals surface area contributed by atoms with Crippen LogP contribution >= 0.6 is 11.6 Å². The van der Waals surface area contributed by atoms with E-state index in [4.69, 9.17) is 11.6 Å². The van der Waals surface area contributed by atoms with Gasteiger partial charge in [0.25, 0.3) is 0 Å². The zero-order chi connectivity index (χ0) is 21.6. The van der Waals surface area contributed by atoms with Crippen LogP contribution in [-0.2, 0) is 26.3 Å². The van der Waals surface area contributed by atoms with E-state index in [1.807, 2.05) is 30.3 Å². The summed E-state index contributed by atoms with van der Waals surface area (Å²) < 4.78 is 53.9. The molecule has 0 radical (unpaired) electrons. The summed E-state index contributed by atoms with van der Waals surface area (Å²) in [5.41, 5.74) is 1.29. The number of aromatic nitrogens is 1. The lowest BCUT2D eigenvalue weighted by atomic mass is 10.2. The highest BCUT2D eigenvalue weighted by molar-refractivity contribution is 7.92. The molecule has 1 heterocycles. The quantitative estimate of drug-likeness (QED) is 0.523. The summed E-state index contributed by atoms with van der Waals surface area (Å²) in [5, 5.41) is -0.715. The van der Waals surface area contributed by atoms with Gasteiger partial charge in [-0.15, -0.1) is 0 Å². The molecule has 0 amide bonds. The molecule has 0 bridgehead atoms. The average molecular weight is 465 g/mol. The van der Waals surface area contributed by atoms with Gasteiger partial charge in [0.2, 0.25) is 10.0 Å². The van der Waals surface area contributed by atoms with E-state index in [0.717, 1.165) is 5.56 Å². The Bertz CT molecular complexity index is 1170. The molecule has 0 saturated carbocycles. The number of pyridine rings is 1. The van der Waals surface area contributed by atoms with E-state index >= 15 is 0 Å². The molecule has 158 valence electrons. The van der Waals surface area contributed by atoms with Gasteiger partial charge in [0.15, 0.2) is 9.84 Å². The zero-order valence-electron chi connectivity index (χ0n) is 16.0. The highest BCUT2D eigenvalue weighted by Crippen LogP contribution is 2.29. The van der Waals surface area contributed by atoms with Crippen LogP contribution in [0.5, 0.6) is 0 Å². The van der Waals surface area contributed by atoms with Crippen LogP contribution in [-0.4, -0.2) is 34.1 Å². The van der Waals surface area contributed by atoms with Crippen molar-refractivity contribution in [1.29, 1.82) is 0 Å². The molecule has 3 aromatic rings. The van der Waals surface area contributed by atoms with Gasteiger partial charge in [-0.05, 0) is 47.9 Å². The maximum absolute atomic E-state index is 13.2. The second-order valence-corrected chi connectivity index (χ2v) is 11.2. The molecule has 1 aromatic heterocycles. The van der Waals surface area contributed by atoms with Gasteiger partial charge < -0.3 is 0 Å². The van der Waals surface area contributed by atoms with Crippen molar-refractivity contribution in [3.05, 3.63) is 95.3 Å². The molecule has 6 nitrogen and oxygen atoms in total. The van der Waals surface area contributed by atoms with Gasteiger partial charge in [-0.3, -0.25) is 4.98 Å². The Morgan fingerprint density at radius 2 is 1.60 bits per heavy atom. The second-order valence-electron chi connectivity index (χ2n) is 6.68. The molecular formula is C21H21ClN2O4S2. The van der Waals surface area contributed by atoms with Crippen LogP contribution in [0.25, 0.3) is 0 Å². The first-order chi connectivity index (χ1) is 14.3. The lowest BCUT2D eigenvalue weighted by molar-refractivity contribution is 0.568. The number of nitrogens with one attached hydrogen (secondary N) is 1. The summed E-state index contributed by atoms with van der Waals surface area (Å²) in [7, 11) is -7.57. The maximum atomic E-state index is 13.2. The SMILES string of the molecule is O=S(=O)(CCc1ccccc1)NC[C@H](c1cccnc1)S(=O)(=O)c1ccc(Cl)cc1. The number of sulfone groups is 1. The number of sulfonamides is 1. The van der Waals surface area contributed by atoms with Gasteiger partial charge in [0, 0.05) is 24.0 Å². The van der Waals surface area contributed by atoms with E-state index in [1.54, 1.807) is 12.1 Å². The molecule has 0 aliphatic rings. The van der Waals surface area contributed by atoms with E-state index in [9.17, 15) is 16.8 Å². The number of rotatable bonds is 9. The number of nitrogens with zero attached hydrogens (tertiary/aromatic N) is 1. The van der Waals surface area contributed by atoms with Crippen molar-refractivity contribution in [3.63, 3.8) is 0 Å². The summed E-state index contributed by atoms with van der Waals surface area (Å²) in [6.45, 7) is -0.298. The third-order valence-corrected chi connectivity index (χ3v) is 8.28. The van der Waals surface area contributed by atoms with Gasteiger partial charge in [-0.1, -0.05) is 48.0 Å². The first-order valence-electron chi connectivity index (χ1n) is 9.18. The monoisotopic (exact) mass is 464 g/mol.